The van der Waals surface area contributed by atoms with Gasteiger partial charge in [-0.15, -0.1) is 0 Å². The Balaban J connectivity index is 3.06. The van der Waals surface area contributed by atoms with Gasteiger partial charge in [-0.3, -0.25) is 4.98 Å². The lowest BCUT2D eigenvalue weighted by Gasteiger charge is -1.98. The molecule has 0 amide bonds. The molecule has 0 aromatic carbocycles. The number of hydrogen-bond acceptors (Lipinski definition) is 2. The van der Waals surface area contributed by atoms with Crippen molar-refractivity contribution in [3.8, 4) is 0 Å². The van der Waals surface area contributed by atoms with Gasteiger partial charge in [-0.1, -0.05) is 15.9 Å². The molecule has 0 aliphatic carbocycles. The van der Waals surface area contributed by atoms with Crippen LogP contribution in [0.4, 0.5) is 0 Å². The van der Waals surface area contributed by atoms with Gasteiger partial charge in [-0.2, -0.15) is 0 Å². The monoisotopic (exact) mass is 200 g/mol. The number of hydrogen-bond donors (Lipinski definition) is 1. The van der Waals surface area contributed by atoms with Crippen molar-refractivity contribution in [3.63, 3.8) is 0 Å². The van der Waals surface area contributed by atoms with Gasteiger partial charge in [0.25, 0.3) is 0 Å². The van der Waals surface area contributed by atoms with Crippen molar-refractivity contribution in [1.82, 2.24) is 4.98 Å². The second-order valence-corrected chi connectivity index (χ2v) is 3.04. The highest BCUT2D eigenvalue weighted by atomic mass is 79.9. The molecule has 0 saturated carbocycles. The van der Waals surface area contributed by atoms with E-state index >= 15 is 0 Å². The van der Waals surface area contributed by atoms with Crippen molar-refractivity contribution < 1.29 is 0 Å². The average molecular weight is 201 g/mol. The molecular formula is C7H9BrN2. The molecule has 0 aliphatic rings. The first kappa shape index (κ1) is 7.69. The Labute approximate surface area is 68.6 Å². The molecule has 0 aliphatic heterocycles. The van der Waals surface area contributed by atoms with E-state index in [0.29, 0.717) is 6.54 Å². The van der Waals surface area contributed by atoms with E-state index in [0.717, 1.165) is 15.9 Å². The van der Waals surface area contributed by atoms with Gasteiger partial charge in [0, 0.05) is 16.7 Å². The third-order valence-electron chi connectivity index (χ3n) is 1.18. The standard InChI is InChI=1S/C7H9BrN2/c1-5-2-6(8)3-7(4-9)10-5/h2-3H,4,9H2,1H3. The van der Waals surface area contributed by atoms with Crippen molar-refractivity contribution in [2.75, 3.05) is 0 Å². The minimum absolute atomic E-state index is 0.500. The molecule has 1 aromatic heterocycles. The van der Waals surface area contributed by atoms with E-state index in [2.05, 4.69) is 20.9 Å². The summed E-state index contributed by atoms with van der Waals surface area (Å²) in [7, 11) is 0. The Morgan fingerprint density at radius 1 is 1.60 bits per heavy atom. The number of rotatable bonds is 1. The molecule has 1 aromatic rings. The summed E-state index contributed by atoms with van der Waals surface area (Å²) in [6.45, 7) is 2.45. The topological polar surface area (TPSA) is 38.9 Å². The van der Waals surface area contributed by atoms with E-state index in [9.17, 15) is 0 Å². The van der Waals surface area contributed by atoms with Crippen LogP contribution in [0.5, 0.6) is 0 Å². The molecular weight excluding hydrogens is 192 g/mol. The Hall–Kier alpha value is -0.410. The van der Waals surface area contributed by atoms with Crippen LogP contribution in [-0.2, 0) is 6.54 Å². The highest BCUT2D eigenvalue weighted by molar-refractivity contribution is 9.10. The molecule has 0 radical (unpaired) electrons. The third kappa shape index (κ3) is 1.78. The summed E-state index contributed by atoms with van der Waals surface area (Å²) in [6, 6.07) is 3.88. The predicted molar refractivity (Wildman–Crippen MR) is 44.6 cm³/mol. The maximum atomic E-state index is 5.40. The molecule has 0 fully saturated rings. The number of pyridine rings is 1. The Bertz CT molecular complexity index is 215. The zero-order valence-corrected chi connectivity index (χ0v) is 7.35. The molecule has 54 valence electrons. The number of aryl methyl sites for hydroxylation is 1. The van der Waals surface area contributed by atoms with Crippen LogP contribution >= 0.6 is 15.9 Å². The first-order chi connectivity index (χ1) is 4.72. The molecule has 0 bridgehead atoms. The summed E-state index contributed by atoms with van der Waals surface area (Å²) in [5.41, 5.74) is 7.32. The van der Waals surface area contributed by atoms with E-state index in [-0.39, 0.29) is 0 Å². The normalized spacial score (nSPS) is 9.90. The summed E-state index contributed by atoms with van der Waals surface area (Å²) < 4.78 is 1.04. The summed E-state index contributed by atoms with van der Waals surface area (Å²) in [6.07, 6.45) is 0. The maximum Gasteiger partial charge on any atom is 0.0553 e. The number of nitrogens with zero attached hydrogens (tertiary/aromatic N) is 1. The third-order valence-corrected chi connectivity index (χ3v) is 1.64. The molecule has 0 saturated heterocycles. The van der Waals surface area contributed by atoms with Crippen LogP contribution in [-0.4, -0.2) is 4.98 Å². The summed E-state index contributed by atoms with van der Waals surface area (Å²) in [5.74, 6) is 0. The molecule has 10 heavy (non-hydrogen) atoms. The van der Waals surface area contributed by atoms with Gasteiger partial charge < -0.3 is 5.73 Å². The largest absolute Gasteiger partial charge is 0.325 e. The molecule has 0 unspecified atom stereocenters. The van der Waals surface area contributed by atoms with E-state index < -0.39 is 0 Å². The number of halogens is 1. The lowest BCUT2D eigenvalue weighted by atomic mass is 10.3. The Morgan fingerprint density at radius 3 is 2.80 bits per heavy atom. The minimum Gasteiger partial charge on any atom is -0.325 e. The fourth-order valence-corrected chi connectivity index (χ4v) is 1.39. The van der Waals surface area contributed by atoms with E-state index in [1.165, 1.54) is 0 Å². The predicted octanol–water partition coefficient (Wildman–Crippen LogP) is 1.61. The zero-order chi connectivity index (χ0) is 7.56. The van der Waals surface area contributed by atoms with Crippen molar-refractivity contribution in [2.24, 2.45) is 5.73 Å². The molecule has 1 rings (SSSR count). The Morgan fingerprint density at radius 2 is 2.30 bits per heavy atom. The van der Waals surface area contributed by atoms with Crippen LogP contribution in [0.25, 0.3) is 0 Å². The lowest BCUT2D eigenvalue weighted by molar-refractivity contribution is 0.966. The van der Waals surface area contributed by atoms with Crippen molar-refractivity contribution >= 4 is 15.9 Å². The fraction of sp³-hybridized carbons (Fsp3) is 0.286. The SMILES string of the molecule is Cc1cc(Br)cc(CN)n1. The second-order valence-electron chi connectivity index (χ2n) is 2.12. The van der Waals surface area contributed by atoms with E-state index in [4.69, 9.17) is 5.73 Å². The maximum absolute atomic E-state index is 5.40. The van der Waals surface area contributed by atoms with Crippen molar-refractivity contribution in [2.45, 2.75) is 13.5 Å². The first-order valence-corrected chi connectivity index (χ1v) is 3.85. The van der Waals surface area contributed by atoms with Crippen LogP contribution in [0.3, 0.4) is 0 Å². The Kier molecular flexibility index (Phi) is 2.40. The fourth-order valence-electron chi connectivity index (χ4n) is 0.796. The van der Waals surface area contributed by atoms with E-state index in [1.807, 2.05) is 19.1 Å². The number of nitrogens with two attached hydrogens (primary N) is 1. The summed E-state index contributed by atoms with van der Waals surface area (Å²) in [4.78, 5) is 4.20. The molecule has 2 N–H and O–H groups in total. The van der Waals surface area contributed by atoms with Gasteiger partial charge in [0.2, 0.25) is 0 Å². The number of aromatic nitrogens is 1. The van der Waals surface area contributed by atoms with Crippen LogP contribution in [0.1, 0.15) is 11.4 Å². The van der Waals surface area contributed by atoms with Gasteiger partial charge in [0.15, 0.2) is 0 Å². The van der Waals surface area contributed by atoms with Crippen molar-refractivity contribution in [3.05, 3.63) is 28.0 Å². The summed E-state index contributed by atoms with van der Waals surface area (Å²) in [5, 5.41) is 0. The van der Waals surface area contributed by atoms with Gasteiger partial charge in [-0.25, -0.2) is 0 Å². The molecule has 0 atom stereocenters. The smallest absolute Gasteiger partial charge is 0.0553 e. The van der Waals surface area contributed by atoms with E-state index in [1.54, 1.807) is 0 Å². The first-order valence-electron chi connectivity index (χ1n) is 3.05. The molecule has 1 heterocycles. The van der Waals surface area contributed by atoms with Crippen molar-refractivity contribution in [1.29, 1.82) is 0 Å². The zero-order valence-electron chi connectivity index (χ0n) is 5.76. The van der Waals surface area contributed by atoms with Gasteiger partial charge in [-0.05, 0) is 19.1 Å². The summed E-state index contributed by atoms with van der Waals surface area (Å²) >= 11 is 3.36. The second kappa shape index (κ2) is 3.12. The molecule has 0 spiro atoms. The van der Waals surface area contributed by atoms with Gasteiger partial charge >= 0.3 is 0 Å². The van der Waals surface area contributed by atoms with Gasteiger partial charge in [0.1, 0.15) is 0 Å². The highest BCUT2D eigenvalue weighted by Gasteiger charge is 1.94. The van der Waals surface area contributed by atoms with Crippen LogP contribution in [0, 0.1) is 6.92 Å². The van der Waals surface area contributed by atoms with Crippen LogP contribution < -0.4 is 5.73 Å². The quantitative estimate of drug-likeness (QED) is 0.749. The highest BCUT2D eigenvalue weighted by Crippen LogP contribution is 2.11. The van der Waals surface area contributed by atoms with Crippen LogP contribution in [0.15, 0.2) is 16.6 Å². The minimum atomic E-state index is 0.500. The lowest BCUT2D eigenvalue weighted by Crippen LogP contribution is -2.00. The van der Waals surface area contributed by atoms with Crippen LogP contribution in [0.2, 0.25) is 0 Å². The molecule has 3 heteroatoms. The average Bonchev–Trinajstić information content (AvgIpc) is 1.85. The van der Waals surface area contributed by atoms with Gasteiger partial charge in [0.05, 0.1) is 5.69 Å². The molecule has 2 nitrogen and oxygen atoms in total.